The first-order valence-corrected chi connectivity index (χ1v) is 9.80. The Morgan fingerprint density at radius 1 is 1.03 bits per heavy atom. The van der Waals surface area contributed by atoms with Crippen LogP contribution in [0.2, 0.25) is 0 Å². The van der Waals surface area contributed by atoms with Gasteiger partial charge in [-0.05, 0) is 48.2 Å². The van der Waals surface area contributed by atoms with Crippen molar-refractivity contribution in [2.24, 2.45) is 0 Å². The number of aromatic nitrogens is 1. The predicted molar refractivity (Wildman–Crippen MR) is 116 cm³/mol. The number of furan rings is 1. The van der Waals surface area contributed by atoms with E-state index in [1.807, 2.05) is 67.6 Å². The van der Waals surface area contributed by atoms with Crippen molar-refractivity contribution < 1.29 is 9.21 Å². The molecule has 2 amide bonds. The summed E-state index contributed by atoms with van der Waals surface area (Å²) in [6, 6.07) is 20.7. The molecule has 0 bridgehead atoms. The molecule has 2 aromatic carbocycles. The highest BCUT2D eigenvalue weighted by atomic mass is 16.3. The lowest BCUT2D eigenvalue weighted by Gasteiger charge is -2.22. The Labute approximate surface area is 174 Å². The number of pyridine rings is 1. The molecule has 2 heterocycles. The van der Waals surface area contributed by atoms with E-state index < -0.39 is 0 Å². The van der Waals surface area contributed by atoms with Crippen LogP contribution in [0.4, 0.5) is 4.79 Å². The molecule has 0 aliphatic heterocycles. The number of aryl methyl sites for hydroxylation is 1. The molecule has 2 aromatic heterocycles. The number of hydrogen-bond acceptors (Lipinski definition) is 3. The van der Waals surface area contributed by atoms with Crippen LogP contribution in [-0.2, 0) is 19.6 Å². The molecule has 4 rings (SSSR count). The molecule has 152 valence electrons. The highest BCUT2D eigenvalue weighted by Crippen LogP contribution is 2.15. The summed E-state index contributed by atoms with van der Waals surface area (Å²) in [5.74, 6) is 0.651. The van der Waals surface area contributed by atoms with E-state index in [2.05, 4.69) is 10.3 Å². The summed E-state index contributed by atoms with van der Waals surface area (Å²) in [7, 11) is 0. The fourth-order valence-electron chi connectivity index (χ4n) is 3.37. The molecule has 6 nitrogen and oxygen atoms in total. The van der Waals surface area contributed by atoms with Crippen LogP contribution in [0.25, 0.3) is 10.9 Å². The molecule has 0 spiro atoms. The molecule has 0 unspecified atom stereocenters. The summed E-state index contributed by atoms with van der Waals surface area (Å²) in [5.41, 5.74) is 3.21. The van der Waals surface area contributed by atoms with E-state index in [4.69, 9.17) is 4.42 Å². The maximum atomic E-state index is 12.9. The lowest BCUT2D eigenvalue weighted by Crippen LogP contribution is -2.39. The van der Waals surface area contributed by atoms with E-state index in [0.29, 0.717) is 17.9 Å². The monoisotopic (exact) mass is 401 g/mol. The van der Waals surface area contributed by atoms with Crippen molar-refractivity contribution in [1.29, 1.82) is 0 Å². The van der Waals surface area contributed by atoms with E-state index in [1.54, 1.807) is 17.2 Å². The maximum absolute atomic E-state index is 12.9. The number of nitrogens with one attached hydrogen (secondary N) is 2. The first kappa shape index (κ1) is 19.5. The SMILES string of the molecule is Cc1ccc2[nH]c(=O)c(CN(Cc3ccco3)C(=O)NCc3ccccc3)cc2c1. The average Bonchev–Trinajstić information content (AvgIpc) is 3.26. The van der Waals surface area contributed by atoms with Crippen molar-refractivity contribution >= 4 is 16.9 Å². The van der Waals surface area contributed by atoms with E-state index in [-0.39, 0.29) is 24.7 Å². The quantitative estimate of drug-likeness (QED) is 0.504. The predicted octanol–water partition coefficient (Wildman–Crippen LogP) is 4.34. The number of nitrogens with zero attached hydrogens (tertiary/aromatic N) is 1. The zero-order chi connectivity index (χ0) is 20.9. The summed E-state index contributed by atoms with van der Waals surface area (Å²) in [6.45, 7) is 2.84. The van der Waals surface area contributed by atoms with Gasteiger partial charge in [-0.15, -0.1) is 0 Å². The molecule has 2 N–H and O–H groups in total. The van der Waals surface area contributed by atoms with Crippen LogP contribution in [0.3, 0.4) is 0 Å². The largest absolute Gasteiger partial charge is 0.467 e. The molecule has 0 atom stereocenters. The summed E-state index contributed by atoms with van der Waals surface area (Å²) in [4.78, 5) is 30.0. The van der Waals surface area contributed by atoms with Crippen LogP contribution < -0.4 is 10.9 Å². The third kappa shape index (κ3) is 4.60. The lowest BCUT2D eigenvalue weighted by molar-refractivity contribution is 0.186. The molecule has 30 heavy (non-hydrogen) atoms. The van der Waals surface area contributed by atoms with Gasteiger partial charge in [-0.3, -0.25) is 4.79 Å². The van der Waals surface area contributed by atoms with Crippen molar-refractivity contribution in [3.05, 3.63) is 106 Å². The van der Waals surface area contributed by atoms with Crippen LogP contribution in [0.1, 0.15) is 22.5 Å². The summed E-state index contributed by atoms with van der Waals surface area (Å²) in [6.07, 6.45) is 1.57. The summed E-state index contributed by atoms with van der Waals surface area (Å²) >= 11 is 0. The first-order chi connectivity index (χ1) is 14.6. The fraction of sp³-hybridized carbons (Fsp3) is 0.167. The Morgan fingerprint density at radius 2 is 1.87 bits per heavy atom. The Bertz CT molecular complexity index is 1200. The third-order valence-corrected chi connectivity index (χ3v) is 4.94. The number of fused-ring (bicyclic) bond motifs is 1. The number of benzene rings is 2. The smallest absolute Gasteiger partial charge is 0.318 e. The van der Waals surface area contributed by atoms with Crippen molar-refractivity contribution in [1.82, 2.24) is 15.2 Å². The Morgan fingerprint density at radius 3 is 2.63 bits per heavy atom. The highest BCUT2D eigenvalue weighted by Gasteiger charge is 2.18. The normalized spacial score (nSPS) is 10.8. The number of hydrogen-bond donors (Lipinski definition) is 2. The Kier molecular flexibility index (Phi) is 5.66. The van der Waals surface area contributed by atoms with Crippen LogP contribution in [-0.4, -0.2) is 15.9 Å². The number of rotatable bonds is 6. The number of carbonyl (C=O) groups is 1. The van der Waals surface area contributed by atoms with E-state index in [0.717, 1.165) is 22.0 Å². The zero-order valence-corrected chi connectivity index (χ0v) is 16.7. The van der Waals surface area contributed by atoms with Gasteiger partial charge in [0, 0.05) is 17.6 Å². The van der Waals surface area contributed by atoms with Gasteiger partial charge < -0.3 is 19.6 Å². The number of amides is 2. The summed E-state index contributed by atoms with van der Waals surface area (Å²) in [5, 5.41) is 3.87. The Hall–Kier alpha value is -3.80. The van der Waals surface area contributed by atoms with Crippen LogP contribution in [0.15, 0.2) is 82.2 Å². The lowest BCUT2D eigenvalue weighted by atomic mass is 10.1. The molecular weight excluding hydrogens is 378 g/mol. The molecule has 0 radical (unpaired) electrons. The van der Waals surface area contributed by atoms with Gasteiger partial charge in [0.1, 0.15) is 5.76 Å². The molecular formula is C24H23N3O3. The number of H-pyrrole nitrogens is 1. The zero-order valence-electron chi connectivity index (χ0n) is 16.7. The van der Waals surface area contributed by atoms with Crippen LogP contribution in [0.5, 0.6) is 0 Å². The third-order valence-electron chi connectivity index (χ3n) is 4.94. The summed E-state index contributed by atoms with van der Waals surface area (Å²) < 4.78 is 5.42. The second kappa shape index (κ2) is 8.69. The molecule has 0 aliphatic carbocycles. The van der Waals surface area contributed by atoms with Crippen molar-refractivity contribution in [2.45, 2.75) is 26.6 Å². The molecule has 0 saturated carbocycles. The van der Waals surface area contributed by atoms with E-state index >= 15 is 0 Å². The minimum absolute atomic E-state index is 0.167. The van der Waals surface area contributed by atoms with Gasteiger partial charge in [0.2, 0.25) is 0 Å². The molecule has 0 fully saturated rings. The standard InChI is InChI=1S/C24H23N3O3/c1-17-9-10-22-19(12-17)13-20(23(28)26-22)15-27(16-21-8-5-11-30-21)24(29)25-14-18-6-3-2-4-7-18/h2-13H,14-16H2,1H3,(H,25,29)(H,26,28). The molecule has 4 aromatic rings. The molecule has 6 heteroatoms. The average molecular weight is 401 g/mol. The van der Waals surface area contributed by atoms with Gasteiger partial charge in [-0.1, -0.05) is 42.0 Å². The first-order valence-electron chi connectivity index (χ1n) is 9.80. The number of carbonyl (C=O) groups excluding carboxylic acids is 1. The van der Waals surface area contributed by atoms with Gasteiger partial charge in [-0.2, -0.15) is 0 Å². The van der Waals surface area contributed by atoms with Crippen LogP contribution in [0, 0.1) is 6.92 Å². The fourth-order valence-corrected chi connectivity index (χ4v) is 3.37. The van der Waals surface area contributed by atoms with E-state index in [1.165, 1.54) is 0 Å². The number of urea groups is 1. The minimum Gasteiger partial charge on any atom is -0.467 e. The van der Waals surface area contributed by atoms with E-state index in [9.17, 15) is 9.59 Å². The van der Waals surface area contributed by atoms with Gasteiger partial charge in [0.15, 0.2) is 0 Å². The topological polar surface area (TPSA) is 78.3 Å². The molecule has 0 aliphatic rings. The minimum atomic E-state index is -0.265. The van der Waals surface area contributed by atoms with Gasteiger partial charge >= 0.3 is 6.03 Å². The van der Waals surface area contributed by atoms with Crippen molar-refractivity contribution in [3.63, 3.8) is 0 Å². The molecule has 0 saturated heterocycles. The highest BCUT2D eigenvalue weighted by molar-refractivity contribution is 5.80. The second-order valence-corrected chi connectivity index (χ2v) is 7.29. The van der Waals surface area contributed by atoms with Crippen molar-refractivity contribution in [2.75, 3.05) is 0 Å². The van der Waals surface area contributed by atoms with Gasteiger partial charge in [0.25, 0.3) is 5.56 Å². The second-order valence-electron chi connectivity index (χ2n) is 7.29. The van der Waals surface area contributed by atoms with Crippen LogP contribution >= 0.6 is 0 Å². The van der Waals surface area contributed by atoms with Gasteiger partial charge in [-0.25, -0.2) is 4.79 Å². The Balaban J connectivity index is 1.58. The van der Waals surface area contributed by atoms with Gasteiger partial charge in [0.05, 0.1) is 19.4 Å². The van der Waals surface area contributed by atoms with Crippen molar-refractivity contribution in [3.8, 4) is 0 Å². The maximum Gasteiger partial charge on any atom is 0.318 e. The number of aromatic amines is 1.